The largest absolute Gasteiger partial charge is 0.504 e. The Morgan fingerprint density at radius 2 is 2.20 bits per heavy atom. The van der Waals surface area contributed by atoms with Gasteiger partial charge in [-0.15, -0.1) is 0 Å². The fraction of sp³-hybridized carbons (Fsp3) is 0.222. The maximum absolute atomic E-state index is 10.7. The molecule has 1 rings (SSSR count). The van der Waals surface area contributed by atoms with Crippen molar-refractivity contribution in [2.45, 2.75) is 6.61 Å². The van der Waals surface area contributed by atoms with E-state index in [2.05, 4.69) is 4.84 Å². The third-order valence-electron chi connectivity index (χ3n) is 1.86. The number of benzene rings is 1. The molecule has 0 fully saturated rings. The van der Waals surface area contributed by atoms with Crippen molar-refractivity contribution in [2.75, 3.05) is 7.11 Å². The first-order chi connectivity index (χ1) is 7.10. The van der Waals surface area contributed by atoms with Crippen LogP contribution < -0.4 is 10.6 Å². The summed E-state index contributed by atoms with van der Waals surface area (Å²) in [5.41, 5.74) is 0.256. The van der Waals surface area contributed by atoms with Crippen molar-refractivity contribution in [1.82, 2.24) is 0 Å². The highest BCUT2D eigenvalue weighted by Gasteiger charge is 2.14. The zero-order valence-corrected chi connectivity index (χ0v) is 8.06. The molecule has 0 unspecified atom stereocenters. The molecule has 0 heterocycles. The summed E-state index contributed by atoms with van der Waals surface area (Å²) < 4.78 is 4.81. The van der Waals surface area contributed by atoms with E-state index in [9.17, 15) is 9.90 Å². The fourth-order valence-corrected chi connectivity index (χ4v) is 1.14. The second kappa shape index (κ2) is 4.63. The topological polar surface area (TPSA) is 102 Å². The molecule has 0 aliphatic rings. The van der Waals surface area contributed by atoms with Crippen molar-refractivity contribution in [3.63, 3.8) is 0 Å². The molecule has 6 heteroatoms. The number of methoxy groups -OCH3 is 1. The highest BCUT2D eigenvalue weighted by atomic mass is 16.6. The van der Waals surface area contributed by atoms with Gasteiger partial charge in [0.1, 0.15) is 0 Å². The van der Waals surface area contributed by atoms with Crippen LogP contribution >= 0.6 is 0 Å². The molecule has 1 aromatic rings. The average Bonchev–Trinajstić information content (AvgIpc) is 2.21. The van der Waals surface area contributed by atoms with Gasteiger partial charge in [-0.1, -0.05) is 0 Å². The minimum Gasteiger partial charge on any atom is -0.504 e. The predicted molar refractivity (Wildman–Crippen MR) is 50.6 cm³/mol. The number of phenolic OH excluding ortho intramolecular Hbond substituents is 1. The van der Waals surface area contributed by atoms with E-state index in [1.165, 1.54) is 19.2 Å². The number of rotatable bonds is 4. The summed E-state index contributed by atoms with van der Waals surface area (Å²) in [7, 11) is 1.33. The maximum Gasteiger partial charge on any atom is 0.335 e. The first kappa shape index (κ1) is 11.3. The molecule has 1 aromatic carbocycles. The number of carbonyl (C=O) groups is 1. The van der Waals surface area contributed by atoms with E-state index in [1.54, 1.807) is 0 Å². The Morgan fingerprint density at radius 1 is 1.53 bits per heavy atom. The van der Waals surface area contributed by atoms with Crippen molar-refractivity contribution >= 4 is 5.97 Å². The van der Waals surface area contributed by atoms with Crippen LogP contribution in [0.3, 0.4) is 0 Å². The third kappa shape index (κ3) is 2.36. The quantitative estimate of drug-likeness (QED) is 0.629. The van der Waals surface area contributed by atoms with E-state index in [0.29, 0.717) is 0 Å². The molecule has 0 spiro atoms. The first-order valence-corrected chi connectivity index (χ1v) is 4.05. The molecule has 82 valence electrons. The number of hydrogen-bond acceptors (Lipinski definition) is 5. The van der Waals surface area contributed by atoms with Crippen LogP contribution in [0.4, 0.5) is 0 Å². The van der Waals surface area contributed by atoms with Gasteiger partial charge in [-0.05, 0) is 12.1 Å². The van der Waals surface area contributed by atoms with Gasteiger partial charge in [0.2, 0.25) is 0 Å². The molecule has 15 heavy (non-hydrogen) atoms. The average molecular weight is 213 g/mol. The Balaban J connectivity index is 3.25. The monoisotopic (exact) mass is 213 g/mol. The highest BCUT2D eigenvalue weighted by molar-refractivity contribution is 5.89. The van der Waals surface area contributed by atoms with Crippen LogP contribution in [0.1, 0.15) is 15.9 Å². The third-order valence-corrected chi connectivity index (χ3v) is 1.86. The van der Waals surface area contributed by atoms with Crippen LogP contribution in [0.15, 0.2) is 12.1 Å². The van der Waals surface area contributed by atoms with Crippen molar-refractivity contribution in [2.24, 2.45) is 5.90 Å². The summed E-state index contributed by atoms with van der Waals surface area (Å²) in [4.78, 5) is 15.1. The number of aromatic carboxylic acids is 1. The van der Waals surface area contributed by atoms with Crippen LogP contribution in [-0.4, -0.2) is 23.3 Å². The normalized spacial score (nSPS) is 10.0. The molecule has 0 aliphatic carbocycles. The number of hydrogen-bond donors (Lipinski definition) is 3. The van der Waals surface area contributed by atoms with Gasteiger partial charge in [-0.2, -0.15) is 0 Å². The summed E-state index contributed by atoms with van der Waals surface area (Å²) in [5, 5.41) is 18.4. The van der Waals surface area contributed by atoms with E-state index >= 15 is 0 Å². The first-order valence-electron chi connectivity index (χ1n) is 4.05. The summed E-state index contributed by atoms with van der Waals surface area (Å²) in [6, 6.07) is 2.49. The molecule has 0 radical (unpaired) electrons. The lowest BCUT2D eigenvalue weighted by molar-refractivity contribution is 0.0695. The molecule has 0 aromatic heterocycles. The second-order valence-electron chi connectivity index (χ2n) is 2.80. The smallest absolute Gasteiger partial charge is 0.335 e. The molecule has 0 amide bonds. The maximum atomic E-state index is 10.7. The summed E-state index contributed by atoms with van der Waals surface area (Å²) in [6.07, 6.45) is 0. The highest BCUT2D eigenvalue weighted by Crippen LogP contribution is 2.31. The Hall–Kier alpha value is -1.79. The van der Waals surface area contributed by atoms with E-state index < -0.39 is 5.97 Å². The molecule has 0 saturated carbocycles. The van der Waals surface area contributed by atoms with Gasteiger partial charge in [0.15, 0.2) is 11.5 Å². The number of carboxylic acids is 1. The number of nitrogens with two attached hydrogens (primary N) is 1. The van der Waals surface area contributed by atoms with E-state index in [-0.39, 0.29) is 29.2 Å². The predicted octanol–water partition coefficient (Wildman–Crippen LogP) is 0.489. The number of phenols is 1. The van der Waals surface area contributed by atoms with E-state index in [0.717, 1.165) is 0 Å². The Labute approximate surface area is 85.8 Å². The van der Waals surface area contributed by atoms with Crippen molar-refractivity contribution < 1.29 is 24.6 Å². The van der Waals surface area contributed by atoms with Crippen LogP contribution in [-0.2, 0) is 11.4 Å². The molecular weight excluding hydrogens is 202 g/mol. The second-order valence-corrected chi connectivity index (χ2v) is 2.80. The zero-order chi connectivity index (χ0) is 11.4. The molecular formula is C9H11NO5. The van der Waals surface area contributed by atoms with Gasteiger partial charge in [-0.3, -0.25) is 4.84 Å². The Morgan fingerprint density at radius 3 is 2.67 bits per heavy atom. The van der Waals surface area contributed by atoms with Crippen LogP contribution in [0.25, 0.3) is 0 Å². The molecule has 6 nitrogen and oxygen atoms in total. The van der Waals surface area contributed by atoms with Crippen LogP contribution in [0.5, 0.6) is 11.5 Å². The minimum atomic E-state index is -1.12. The Kier molecular flexibility index (Phi) is 3.48. The fourth-order valence-electron chi connectivity index (χ4n) is 1.14. The van der Waals surface area contributed by atoms with Gasteiger partial charge >= 0.3 is 5.97 Å². The summed E-state index contributed by atoms with van der Waals surface area (Å²) in [6.45, 7) is -0.0939. The van der Waals surface area contributed by atoms with Crippen molar-refractivity contribution in [1.29, 1.82) is 0 Å². The Bertz CT molecular complexity index is 377. The molecule has 0 aliphatic heterocycles. The zero-order valence-electron chi connectivity index (χ0n) is 8.06. The van der Waals surface area contributed by atoms with Crippen LogP contribution in [0, 0.1) is 0 Å². The van der Waals surface area contributed by atoms with Gasteiger partial charge in [0, 0.05) is 5.56 Å². The SMILES string of the molecule is COc1cc(C(=O)O)cc(CON)c1O. The molecule has 0 saturated heterocycles. The van der Waals surface area contributed by atoms with Gasteiger partial charge in [0.05, 0.1) is 19.3 Å². The summed E-state index contributed by atoms with van der Waals surface area (Å²) >= 11 is 0. The summed E-state index contributed by atoms with van der Waals surface area (Å²) in [5.74, 6) is 3.63. The molecule has 0 atom stereocenters. The van der Waals surface area contributed by atoms with E-state index in [4.69, 9.17) is 15.7 Å². The number of ether oxygens (including phenoxy) is 1. The molecule has 4 N–H and O–H groups in total. The van der Waals surface area contributed by atoms with Gasteiger partial charge in [-0.25, -0.2) is 10.7 Å². The number of aromatic hydroxyl groups is 1. The lowest BCUT2D eigenvalue weighted by Gasteiger charge is -2.09. The lowest BCUT2D eigenvalue weighted by Crippen LogP contribution is -2.03. The molecule has 0 bridgehead atoms. The number of carboxylic acid groups (broad SMARTS) is 1. The van der Waals surface area contributed by atoms with Gasteiger partial charge in [0.25, 0.3) is 0 Å². The minimum absolute atomic E-state index is 0.00306. The standard InChI is InChI=1S/C9H11NO5/c1-14-7-3-5(9(12)13)2-6(4-15-10)8(7)11/h2-3,11H,4,10H2,1H3,(H,12,13). The van der Waals surface area contributed by atoms with Crippen molar-refractivity contribution in [3.05, 3.63) is 23.3 Å². The van der Waals surface area contributed by atoms with Gasteiger partial charge < -0.3 is 14.9 Å². The lowest BCUT2D eigenvalue weighted by atomic mass is 10.1. The van der Waals surface area contributed by atoms with Crippen LogP contribution in [0.2, 0.25) is 0 Å². The van der Waals surface area contributed by atoms with Crippen molar-refractivity contribution in [3.8, 4) is 11.5 Å². The van der Waals surface area contributed by atoms with E-state index in [1.807, 2.05) is 0 Å².